The first-order valence-electron chi connectivity index (χ1n) is 5.55. The Balaban J connectivity index is 2.10. The molecule has 1 aliphatic rings. The number of aromatic nitrogens is 1. The quantitative estimate of drug-likeness (QED) is 0.821. The summed E-state index contributed by atoms with van der Waals surface area (Å²) in [6.07, 6.45) is 4.81. The van der Waals surface area contributed by atoms with E-state index in [2.05, 4.69) is 11.9 Å². The highest BCUT2D eigenvalue weighted by Gasteiger charge is 2.38. The summed E-state index contributed by atoms with van der Waals surface area (Å²) in [6, 6.07) is 2.12. The Labute approximate surface area is 90.7 Å². The monoisotopic (exact) mass is 206 g/mol. The van der Waals surface area contributed by atoms with Crippen LogP contribution in [0.25, 0.3) is 0 Å². The number of rotatable bonds is 4. The molecule has 0 spiro atoms. The van der Waals surface area contributed by atoms with E-state index in [0.717, 1.165) is 17.2 Å². The maximum atomic E-state index is 6.16. The molecule has 1 aromatic heterocycles. The van der Waals surface area contributed by atoms with Crippen LogP contribution < -0.4 is 10.5 Å². The SMILES string of the molecule is CCOc1cncc(C(N)C2CC2C)c1. The standard InChI is InChI=1S/C12H18N2O/c1-3-15-10-5-9(6-14-7-10)12(13)11-4-8(11)2/h5-8,11-12H,3-4,13H2,1-2H3. The lowest BCUT2D eigenvalue weighted by atomic mass is 10.0. The molecule has 15 heavy (non-hydrogen) atoms. The summed E-state index contributed by atoms with van der Waals surface area (Å²) in [7, 11) is 0. The maximum Gasteiger partial charge on any atom is 0.137 e. The molecule has 1 fully saturated rings. The molecule has 3 unspecified atom stereocenters. The van der Waals surface area contributed by atoms with Gasteiger partial charge in [0.15, 0.2) is 0 Å². The summed E-state index contributed by atoms with van der Waals surface area (Å²) in [6.45, 7) is 4.88. The van der Waals surface area contributed by atoms with Crippen molar-refractivity contribution in [2.75, 3.05) is 6.61 Å². The second-order valence-corrected chi connectivity index (χ2v) is 4.29. The van der Waals surface area contributed by atoms with Crippen molar-refractivity contribution in [1.82, 2.24) is 4.98 Å². The van der Waals surface area contributed by atoms with Gasteiger partial charge in [0.25, 0.3) is 0 Å². The smallest absolute Gasteiger partial charge is 0.137 e. The molecule has 0 amide bonds. The average molecular weight is 206 g/mol. The fourth-order valence-electron chi connectivity index (χ4n) is 1.96. The van der Waals surface area contributed by atoms with E-state index < -0.39 is 0 Å². The van der Waals surface area contributed by atoms with Gasteiger partial charge in [0, 0.05) is 12.2 Å². The van der Waals surface area contributed by atoms with Crippen LogP contribution in [-0.4, -0.2) is 11.6 Å². The van der Waals surface area contributed by atoms with Crippen molar-refractivity contribution in [3.8, 4) is 5.75 Å². The second-order valence-electron chi connectivity index (χ2n) is 4.29. The maximum absolute atomic E-state index is 6.16. The first-order chi connectivity index (χ1) is 7.22. The van der Waals surface area contributed by atoms with Crippen molar-refractivity contribution in [3.05, 3.63) is 24.0 Å². The minimum atomic E-state index is 0.118. The molecule has 1 aliphatic carbocycles. The number of hydrogen-bond acceptors (Lipinski definition) is 3. The van der Waals surface area contributed by atoms with Gasteiger partial charge in [0.05, 0.1) is 12.8 Å². The van der Waals surface area contributed by atoms with Gasteiger partial charge < -0.3 is 10.5 Å². The number of pyridine rings is 1. The minimum Gasteiger partial charge on any atom is -0.492 e. The Morgan fingerprint density at radius 2 is 2.33 bits per heavy atom. The zero-order chi connectivity index (χ0) is 10.8. The van der Waals surface area contributed by atoms with Crippen LogP contribution in [0.1, 0.15) is 31.9 Å². The van der Waals surface area contributed by atoms with Crippen molar-refractivity contribution >= 4 is 0 Å². The van der Waals surface area contributed by atoms with E-state index in [9.17, 15) is 0 Å². The lowest BCUT2D eigenvalue weighted by molar-refractivity contribution is 0.338. The van der Waals surface area contributed by atoms with Gasteiger partial charge in [-0.3, -0.25) is 4.98 Å². The lowest BCUT2D eigenvalue weighted by Crippen LogP contribution is -2.13. The van der Waals surface area contributed by atoms with E-state index >= 15 is 0 Å². The third kappa shape index (κ3) is 2.29. The summed E-state index contributed by atoms with van der Waals surface area (Å²) < 4.78 is 5.41. The van der Waals surface area contributed by atoms with Gasteiger partial charge in [-0.15, -0.1) is 0 Å². The summed E-state index contributed by atoms with van der Waals surface area (Å²) in [5.41, 5.74) is 7.25. The van der Waals surface area contributed by atoms with Crippen LogP contribution in [-0.2, 0) is 0 Å². The highest BCUT2D eigenvalue weighted by molar-refractivity contribution is 5.27. The third-order valence-corrected chi connectivity index (χ3v) is 3.06. The average Bonchev–Trinajstić information content (AvgIpc) is 2.95. The largest absolute Gasteiger partial charge is 0.492 e. The molecular formula is C12H18N2O. The molecule has 3 heteroatoms. The normalized spacial score (nSPS) is 26.1. The molecule has 1 saturated carbocycles. The fraction of sp³-hybridized carbons (Fsp3) is 0.583. The van der Waals surface area contributed by atoms with Crippen LogP contribution in [0.3, 0.4) is 0 Å². The van der Waals surface area contributed by atoms with Gasteiger partial charge in [0.2, 0.25) is 0 Å². The van der Waals surface area contributed by atoms with Crippen LogP contribution >= 0.6 is 0 Å². The molecule has 0 aliphatic heterocycles. The van der Waals surface area contributed by atoms with E-state index in [-0.39, 0.29) is 6.04 Å². The molecule has 3 atom stereocenters. The zero-order valence-corrected chi connectivity index (χ0v) is 9.31. The Morgan fingerprint density at radius 3 is 2.93 bits per heavy atom. The predicted molar refractivity (Wildman–Crippen MR) is 59.6 cm³/mol. The van der Waals surface area contributed by atoms with Crippen molar-refractivity contribution in [1.29, 1.82) is 0 Å². The summed E-state index contributed by atoms with van der Waals surface area (Å²) >= 11 is 0. The number of hydrogen-bond donors (Lipinski definition) is 1. The number of nitrogens with zero attached hydrogens (tertiary/aromatic N) is 1. The van der Waals surface area contributed by atoms with Crippen molar-refractivity contribution in [2.24, 2.45) is 17.6 Å². The van der Waals surface area contributed by atoms with Crippen molar-refractivity contribution in [3.63, 3.8) is 0 Å². The van der Waals surface area contributed by atoms with E-state index in [0.29, 0.717) is 12.5 Å². The Kier molecular flexibility index (Phi) is 2.91. The molecule has 0 aromatic carbocycles. The van der Waals surface area contributed by atoms with E-state index in [1.807, 2.05) is 19.2 Å². The fourth-order valence-corrected chi connectivity index (χ4v) is 1.96. The van der Waals surface area contributed by atoms with E-state index in [1.165, 1.54) is 6.42 Å². The van der Waals surface area contributed by atoms with Gasteiger partial charge in [-0.1, -0.05) is 6.92 Å². The van der Waals surface area contributed by atoms with E-state index in [1.54, 1.807) is 6.20 Å². The number of nitrogens with two attached hydrogens (primary N) is 1. The highest BCUT2D eigenvalue weighted by atomic mass is 16.5. The van der Waals surface area contributed by atoms with Crippen molar-refractivity contribution in [2.45, 2.75) is 26.3 Å². The third-order valence-electron chi connectivity index (χ3n) is 3.06. The second kappa shape index (κ2) is 4.19. The van der Waals surface area contributed by atoms with Gasteiger partial charge in [-0.2, -0.15) is 0 Å². The lowest BCUT2D eigenvalue weighted by Gasteiger charge is -2.12. The zero-order valence-electron chi connectivity index (χ0n) is 9.31. The molecule has 0 bridgehead atoms. The Bertz CT molecular complexity index is 340. The molecule has 2 rings (SSSR count). The molecule has 82 valence electrons. The van der Waals surface area contributed by atoms with Gasteiger partial charge >= 0.3 is 0 Å². The van der Waals surface area contributed by atoms with Crippen LogP contribution in [0.15, 0.2) is 18.5 Å². The minimum absolute atomic E-state index is 0.118. The molecule has 0 radical (unpaired) electrons. The summed E-state index contributed by atoms with van der Waals surface area (Å²) in [5, 5.41) is 0. The highest BCUT2D eigenvalue weighted by Crippen LogP contribution is 2.45. The molecule has 2 N–H and O–H groups in total. The van der Waals surface area contributed by atoms with Crippen LogP contribution in [0.5, 0.6) is 5.75 Å². The molecule has 1 aromatic rings. The van der Waals surface area contributed by atoms with Crippen LogP contribution in [0.2, 0.25) is 0 Å². The summed E-state index contributed by atoms with van der Waals surface area (Å²) in [4.78, 5) is 4.15. The van der Waals surface area contributed by atoms with Gasteiger partial charge in [-0.25, -0.2) is 0 Å². The van der Waals surface area contributed by atoms with E-state index in [4.69, 9.17) is 10.5 Å². The predicted octanol–water partition coefficient (Wildman–Crippen LogP) is 2.14. The topological polar surface area (TPSA) is 48.1 Å². The Hall–Kier alpha value is -1.09. The van der Waals surface area contributed by atoms with Crippen LogP contribution in [0, 0.1) is 11.8 Å². The molecule has 3 nitrogen and oxygen atoms in total. The molecular weight excluding hydrogens is 188 g/mol. The first-order valence-corrected chi connectivity index (χ1v) is 5.55. The van der Waals surface area contributed by atoms with Crippen LogP contribution in [0.4, 0.5) is 0 Å². The van der Waals surface area contributed by atoms with Gasteiger partial charge in [0.1, 0.15) is 5.75 Å². The molecule has 0 saturated heterocycles. The number of ether oxygens (including phenoxy) is 1. The van der Waals surface area contributed by atoms with Gasteiger partial charge in [-0.05, 0) is 36.8 Å². The van der Waals surface area contributed by atoms with Crippen molar-refractivity contribution < 1.29 is 4.74 Å². The first kappa shape index (κ1) is 10.4. The Morgan fingerprint density at radius 1 is 1.60 bits per heavy atom. The summed E-state index contributed by atoms with van der Waals surface area (Å²) in [5.74, 6) is 2.21. The molecule has 1 heterocycles.